The third-order valence-electron chi connectivity index (χ3n) is 3.30. The Bertz CT molecular complexity index is 829. The van der Waals surface area contributed by atoms with E-state index < -0.39 is 9.84 Å². The lowest BCUT2D eigenvalue weighted by Gasteiger charge is -2.12. The van der Waals surface area contributed by atoms with E-state index in [2.05, 4.69) is 5.32 Å². The first-order valence-electron chi connectivity index (χ1n) is 7.12. The summed E-state index contributed by atoms with van der Waals surface area (Å²) >= 11 is 0. The molecule has 0 aromatic heterocycles. The Balaban J connectivity index is 2.18. The van der Waals surface area contributed by atoms with Gasteiger partial charge in [-0.25, -0.2) is 8.42 Å². The van der Waals surface area contributed by atoms with Gasteiger partial charge in [0.2, 0.25) is 0 Å². The number of anilines is 1. The number of carbonyl (C=O) groups is 1. The summed E-state index contributed by atoms with van der Waals surface area (Å²) in [5.41, 5.74) is 1.53. The molecule has 0 spiro atoms. The van der Waals surface area contributed by atoms with E-state index in [9.17, 15) is 13.2 Å². The average Bonchev–Trinajstić information content (AvgIpc) is 2.53. The van der Waals surface area contributed by atoms with E-state index in [0.717, 1.165) is 0 Å². The molecule has 0 radical (unpaired) electrons. The van der Waals surface area contributed by atoms with Gasteiger partial charge in [0.1, 0.15) is 11.5 Å². The Morgan fingerprint density at radius 3 is 2.25 bits per heavy atom. The van der Waals surface area contributed by atoms with Crippen molar-refractivity contribution in [2.45, 2.75) is 5.75 Å². The molecule has 0 unspecified atom stereocenters. The maximum atomic E-state index is 12.4. The number of amides is 1. The van der Waals surface area contributed by atoms with Gasteiger partial charge in [-0.1, -0.05) is 12.1 Å². The number of hydrogen-bond acceptors (Lipinski definition) is 5. The van der Waals surface area contributed by atoms with Gasteiger partial charge in [0.25, 0.3) is 5.91 Å². The molecule has 2 aromatic carbocycles. The van der Waals surface area contributed by atoms with Crippen LogP contribution in [0.2, 0.25) is 0 Å². The molecule has 0 aliphatic carbocycles. The van der Waals surface area contributed by atoms with E-state index in [0.29, 0.717) is 28.3 Å². The molecule has 7 heteroatoms. The summed E-state index contributed by atoms with van der Waals surface area (Å²) in [5, 5.41) is 2.76. The van der Waals surface area contributed by atoms with Crippen LogP contribution in [0, 0.1) is 0 Å². The van der Waals surface area contributed by atoms with Crippen molar-refractivity contribution in [3.05, 3.63) is 53.6 Å². The van der Waals surface area contributed by atoms with Gasteiger partial charge in [0.05, 0.1) is 25.7 Å². The summed E-state index contributed by atoms with van der Waals surface area (Å²) in [7, 11) is -0.0595. The van der Waals surface area contributed by atoms with Crippen molar-refractivity contribution in [3.8, 4) is 11.5 Å². The molecule has 0 saturated heterocycles. The lowest BCUT2D eigenvalue weighted by molar-refractivity contribution is 0.102. The third-order valence-corrected chi connectivity index (χ3v) is 4.16. The van der Waals surface area contributed by atoms with Gasteiger partial charge >= 0.3 is 0 Å². The Labute approximate surface area is 141 Å². The van der Waals surface area contributed by atoms with Gasteiger partial charge in [-0.05, 0) is 29.8 Å². The summed E-state index contributed by atoms with van der Waals surface area (Å²) in [6, 6.07) is 11.5. The maximum Gasteiger partial charge on any atom is 0.255 e. The Hall–Kier alpha value is -2.54. The number of nitrogens with one attached hydrogen (secondary N) is 1. The first kappa shape index (κ1) is 17.8. The summed E-state index contributed by atoms with van der Waals surface area (Å²) in [5.74, 6) is 0.721. The molecule has 128 valence electrons. The van der Waals surface area contributed by atoms with E-state index in [-0.39, 0.29) is 11.7 Å². The van der Waals surface area contributed by atoms with Crippen LogP contribution in [0.15, 0.2) is 42.5 Å². The fraction of sp³-hybridized carbons (Fsp3) is 0.235. The van der Waals surface area contributed by atoms with Crippen LogP contribution in [-0.2, 0) is 15.6 Å². The number of methoxy groups -OCH3 is 2. The third kappa shape index (κ3) is 4.73. The quantitative estimate of drug-likeness (QED) is 0.866. The van der Waals surface area contributed by atoms with Crippen LogP contribution >= 0.6 is 0 Å². The van der Waals surface area contributed by atoms with Crippen molar-refractivity contribution < 1.29 is 22.7 Å². The molecule has 0 aliphatic rings. The minimum Gasteiger partial charge on any atom is -0.497 e. The van der Waals surface area contributed by atoms with Crippen LogP contribution in [0.3, 0.4) is 0 Å². The molecule has 2 aromatic rings. The minimum absolute atomic E-state index is 0.0569. The number of ether oxygens (including phenoxy) is 2. The van der Waals surface area contributed by atoms with Crippen molar-refractivity contribution in [1.29, 1.82) is 0 Å². The smallest absolute Gasteiger partial charge is 0.255 e. The highest BCUT2D eigenvalue weighted by atomic mass is 32.2. The van der Waals surface area contributed by atoms with Crippen molar-refractivity contribution in [3.63, 3.8) is 0 Å². The summed E-state index contributed by atoms with van der Waals surface area (Å²) in [6.07, 6.45) is 1.17. The first-order valence-corrected chi connectivity index (χ1v) is 9.18. The molecule has 0 saturated carbocycles. The highest BCUT2D eigenvalue weighted by Gasteiger charge is 2.12. The van der Waals surface area contributed by atoms with Crippen LogP contribution in [0.4, 0.5) is 5.69 Å². The van der Waals surface area contributed by atoms with E-state index >= 15 is 0 Å². The van der Waals surface area contributed by atoms with Gasteiger partial charge < -0.3 is 14.8 Å². The predicted molar refractivity (Wildman–Crippen MR) is 92.5 cm³/mol. The second-order valence-electron chi connectivity index (χ2n) is 5.29. The van der Waals surface area contributed by atoms with E-state index in [1.54, 1.807) is 42.5 Å². The number of benzene rings is 2. The number of carbonyl (C=O) groups excluding carboxylic acids is 1. The normalized spacial score (nSPS) is 11.0. The summed E-state index contributed by atoms with van der Waals surface area (Å²) in [4.78, 5) is 12.4. The highest BCUT2D eigenvalue weighted by Crippen LogP contribution is 2.29. The predicted octanol–water partition coefficient (Wildman–Crippen LogP) is 2.50. The van der Waals surface area contributed by atoms with E-state index in [1.165, 1.54) is 20.5 Å². The first-order chi connectivity index (χ1) is 11.3. The van der Waals surface area contributed by atoms with Gasteiger partial charge in [0, 0.05) is 17.9 Å². The largest absolute Gasteiger partial charge is 0.497 e. The second kappa shape index (κ2) is 7.35. The van der Waals surface area contributed by atoms with Crippen molar-refractivity contribution in [1.82, 2.24) is 0 Å². The van der Waals surface area contributed by atoms with Crippen molar-refractivity contribution in [2.24, 2.45) is 0 Å². The Morgan fingerprint density at radius 2 is 1.71 bits per heavy atom. The lowest BCUT2D eigenvalue weighted by Crippen LogP contribution is -2.13. The molecule has 1 N–H and O–H groups in total. The number of sulfone groups is 1. The monoisotopic (exact) mass is 349 g/mol. The van der Waals surface area contributed by atoms with E-state index in [4.69, 9.17) is 9.47 Å². The molecule has 0 atom stereocenters. The topological polar surface area (TPSA) is 81.7 Å². The van der Waals surface area contributed by atoms with Gasteiger partial charge in [-0.15, -0.1) is 0 Å². The molecular formula is C17H19NO5S. The lowest BCUT2D eigenvalue weighted by atomic mass is 10.1. The van der Waals surface area contributed by atoms with E-state index in [1.807, 2.05) is 0 Å². The minimum atomic E-state index is -3.11. The standard InChI is InChI=1S/C17H19NO5S/c1-22-14-8-9-16(23-2)15(10-14)18-17(19)13-6-4-12(5-7-13)11-24(3,20)21/h4-10H,11H2,1-3H3,(H,18,19). The Morgan fingerprint density at radius 1 is 1.04 bits per heavy atom. The van der Waals surface area contributed by atoms with Gasteiger partial charge in [0.15, 0.2) is 9.84 Å². The SMILES string of the molecule is COc1ccc(OC)c(NC(=O)c2ccc(CS(C)(=O)=O)cc2)c1. The van der Waals surface area contributed by atoms with Crippen LogP contribution in [-0.4, -0.2) is 34.8 Å². The second-order valence-corrected chi connectivity index (χ2v) is 7.43. The summed E-state index contributed by atoms with van der Waals surface area (Å²) in [6.45, 7) is 0. The molecular weight excluding hydrogens is 330 g/mol. The zero-order valence-electron chi connectivity index (χ0n) is 13.7. The zero-order chi connectivity index (χ0) is 17.7. The van der Waals surface area contributed by atoms with Gasteiger partial charge in [-0.3, -0.25) is 4.79 Å². The molecule has 0 heterocycles. The molecule has 0 aliphatic heterocycles. The number of hydrogen-bond donors (Lipinski definition) is 1. The van der Waals surface area contributed by atoms with Crippen LogP contribution in [0.1, 0.15) is 15.9 Å². The van der Waals surface area contributed by atoms with Crippen LogP contribution < -0.4 is 14.8 Å². The highest BCUT2D eigenvalue weighted by molar-refractivity contribution is 7.89. The summed E-state index contributed by atoms with van der Waals surface area (Å²) < 4.78 is 32.9. The molecule has 0 bridgehead atoms. The molecule has 24 heavy (non-hydrogen) atoms. The van der Waals surface area contributed by atoms with Crippen molar-refractivity contribution in [2.75, 3.05) is 25.8 Å². The fourth-order valence-electron chi connectivity index (χ4n) is 2.16. The van der Waals surface area contributed by atoms with Crippen LogP contribution in [0.25, 0.3) is 0 Å². The molecule has 2 rings (SSSR count). The number of rotatable bonds is 6. The molecule has 0 fully saturated rings. The van der Waals surface area contributed by atoms with Crippen LogP contribution in [0.5, 0.6) is 11.5 Å². The molecule has 1 amide bonds. The average molecular weight is 349 g/mol. The fourth-order valence-corrected chi connectivity index (χ4v) is 2.96. The molecule has 6 nitrogen and oxygen atoms in total. The zero-order valence-corrected chi connectivity index (χ0v) is 14.5. The van der Waals surface area contributed by atoms with Gasteiger partial charge in [-0.2, -0.15) is 0 Å². The maximum absolute atomic E-state index is 12.4. The Kier molecular flexibility index (Phi) is 5.46. The van der Waals surface area contributed by atoms with Crippen molar-refractivity contribution >= 4 is 21.4 Å².